The van der Waals surface area contributed by atoms with Crippen LogP contribution < -0.4 is 5.69 Å². The highest BCUT2D eigenvalue weighted by atomic mass is 16.1. The molecule has 80 valence electrons. The van der Waals surface area contributed by atoms with Crippen LogP contribution in [0.25, 0.3) is 11.1 Å². The fourth-order valence-corrected chi connectivity index (χ4v) is 1.53. The minimum atomic E-state index is -0.399. The number of hydrogen-bond donors (Lipinski definition) is 1. The molecule has 0 aliphatic carbocycles. The lowest BCUT2D eigenvalue weighted by molar-refractivity contribution is 0.101. The van der Waals surface area contributed by atoms with Gasteiger partial charge in [-0.15, -0.1) is 0 Å². The van der Waals surface area contributed by atoms with E-state index >= 15 is 0 Å². The third-order valence-corrected chi connectivity index (χ3v) is 2.29. The van der Waals surface area contributed by atoms with E-state index in [-0.39, 0.29) is 5.78 Å². The van der Waals surface area contributed by atoms with Gasteiger partial charge in [0.1, 0.15) is 0 Å². The Morgan fingerprint density at radius 2 is 2.06 bits per heavy atom. The molecule has 1 aromatic heterocycles. The molecule has 1 N–H and O–H groups in total. The molecular formula is C12H10N2O2. The number of nitrogens with one attached hydrogen (secondary N) is 1. The molecule has 0 aliphatic heterocycles. The van der Waals surface area contributed by atoms with Crippen molar-refractivity contribution in [3.8, 4) is 11.1 Å². The monoisotopic (exact) mass is 214 g/mol. The summed E-state index contributed by atoms with van der Waals surface area (Å²) in [6, 6.07) is 7.22. The minimum absolute atomic E-state index is 0.0122. The van der Waals surface area contributed by atoms with Crippen LogP contribution in [0.1, 0.15) is 17.3 Å². The second-order valence-corrected chi connectivity index (χ2v) is 3.41. The zero-order valence-electron chi connectivity index (χ0n) is 8.73. The SMILES string of the molecule is CC(=O)c1ccccc1-c1cnc(=O)[nH]c1. The van der Waals surface area contributed by atoms with E-state index in [0.29, 0.717) is 5.56 Å². The van der Waals surface area contributed by atoms with E-state index in [0.717, 1.165) is 11.1 Å². The highest BCUT2D eigenvalue weighted by Gasteiger charge is 2.08. The van der Waals surface area contributed by atoms with Crippen molar-refractivity contribution < 1.29 is 4.79 Å². The van der Waals surface area contributed by atoms with Crippen LogP contribution in [0, 0.1) is 0 Å². The molecule has 16 heavy (non-hydrogen) atoms. The lowest BCUT2D eigenvalue weighted by atomic mass is 10.00. The fourth-order valence-electron chi connectivity index (χ4n) is 1.53. The maximum atomic E-state index is 11.4. The predicted octanol–water partition coefficient (Wildman–Crippen LogP) is 1.64. The molecule has 0 saturated heterocycles. The largest absolute Gasteiger partial charge is 0.344 e. The van der Waals surface area contributed by atoms with Crippen LogP contribution in [0.2, 0.25) is 0 Å². The van der Waals surface area contributed by atoms with E-state index in [2.05, 4.69) is 9.97 Å². The quantitative estimate of drug-likeness (QED) is 0.773. The van der Waals surface area contributed by atoms with Crippen LogP contribution in [-0.2, 0) is 0 Å². The van der Waals surface area contributed by atoms with Crippen molar-refractivity contribution in [3.63, 3.8) is 0 Å². The molecule has 0 spiro atoms. The molecule has 2 rings (SSSR count). The van der Waals surface area contributed by atoms with Crippen LogP contribution in [-0.4, -0.2) is 15.8 Å². The lowest BCUT2D eigenvalue weighted by Gasteiger charge is -2.05. The van der Waals surface area contributed by atoms with Crippen molar-refractivity contribution in [1.82, 2.24) is 9.97 Å². The number of nitrogens with zero attached hydrogens (tertiary/aromatic N) is 1. The van der Waals surface area contributed by atoms with Crippen molar-refractivity contribution in [3.05, 3.63) is 52.7 Å². The number of rotatable bonds is 2. The van der Waals surface area contributed by atoms with Gasteiger partial charge in [0.2, 0.25) is 0 Å². The molecule has 0 amide bonds. The van der Waals surface area contributed by atoms with Crippen molar-refractivity contribution >= 4 is 5.78 Å². The van der Waals surface area contributed by atoms with Crippen molar-refractivity contribution in [1.29, 1.82) is 0 Å². The van der Waals surface area contributed by atoms with Gasteiger partial charge in [0.05, 0.1) is 0 Å². The van der Waals surface area contributed by atoms with Gasteiger partial charge in [-0.3, -0.25) is 4.79 Å². The van der Waals surface area contributed by atoms with Gasteiger partial charge < -0.3 is 4.98 Å². The molecule has 2 aromatic rings. The predicted molar refractivity (Wildman–Crippen MR) is 60.3 cm³/mol. The summed E-state index contributed by atoms with van der Waals surface area (Å²) in [7, 11) is 0. The van der Waals surface area contributed by atoms with Crippen LogP contribution >= 0.6 is 0 Å². The van der Waals surface area contributed by atoms with Crippen molar-refractivity contribution in [2.24, 2.45) is 0 Å². The molecular weight excluding hydrogens is 204 g/mol. The van der Waals surface area contributed by atoms with Gasteiger partial charge in [-0.2, -0.15) is 0 Å². The van der Waals surface area contributed by atoms with Gasteiger partial charge in [0.25, 0.3) is 0 Å². The lowest BCUT2D eigenvalue weighted by Crippen LogP contribution is -2.08. The smallest absolute Gasteiger partial charge is 0.312 e. The van der Waals surface area contributed by atoms with Gasteiger partial charge in [0.15, 0.2) is 5.78 Å². The third kappa shape index (κ3) is 1.91. The molecule has 0 aliphatic rings. The molecule has 1 aromatic carbocycles. The summed E-state index contributed by atoms with van der Waals surface area (Å²) in [5, 5.41) is 0. The molecule has 0 saturated carbocycles. The Morgan fingerprint density at radius 1 is 1.31 bits per heavy atom. The van der Waals surface area contributed by atoms with E-state index in [1.165, 1.54) is 13.1 Å². The van der Waals surface area contributed by atoms with Crippen LogP contribution in [0.5, 0.6) is 0 Å². The first-order valence-electron chi connectivity index (χ1n) is 4.83. The normalized spacial score (nSPS) is 10.1. The number of hydrogen-bond acceptors (Lipinski definition) is 3. The first kappa shape index (κ1) is 10.3. The summed E-state index contributed by atoms with van der Waals surface area (Å²) >= 11 is 0. The van der Waals surface area contributed by atoms with E-state index in [9.17, 15) is 9.59 Å². The summed E-state index contributed by atoms with van der Waals surface area (Å²) < 4.78 is 0. The first-order chi connectivity index (χ1) is 7.68. The zero-order chi connectivity index (χ0) is 11.5. The number of Topliss-reactive ketones (excluding diaryl/α,β-unsaturated/α-hetero) is 1. The highest BCUT2D eigenvalue weighted by Crippen LogP contribution is 2.21. The molecule has 1 heterocycles. The first-order valence-corrected chi connectivity index (χ1v) is 4.83. The number of aromatic nitrogens is 2. The van der Waals surface area contributed by atoms with Gasteiger partial charge in [0, 0.05) is 23.5 Å². The standard InChI is InChI=1S/C12H10N2O2/c1-8(15)10-4-2-3-5-11(10)9-6-13-12(16)14-7-9/h2-7H,1H3,(H,13,14,16). The molecule has 0 bridgehead atoms. The summed E-state index contributed by atoms with van der Waals surface area (Å²) in [5.41, 5.74) is 1.73. The Balaban J connectivity index is 2.59. The number of carbonyl (C=O) groups is 1. The Morgan fingerprint density at radius 3 is 2.69 bits per heavy atom. The summed E-state index contributed by atoms with van der Waals surface area (Å²) in [4.78, 5) is 28.4. The maximum Gasteiger partial charge on any atom is 0.344 e. The van der Waals surface area contributed by atoms with Crippen molar-refractivity contribution in [2.45, 2.75) is 6.92 Å². The van der Waals surface area contributed by atoms with Gasteiger partial charge >= 0.3 is 5.69 Å². The maximum absolute atomic E-state index is 11.4. The van der Waals surface area contributed by atoms with Crippen LogP contribution in [0.15, 0.2) is 41.5 Å². The second-order valence-electron chi connectivity index (χ2n) is 3.41. The second kappa shape index (κ2) is 4.10. The topological polar surface area (TPSA) is 62.8 Å². The summed E-state index contributed by atoms with van der Waals surface area (Å²) in [6.07, 6.45) is 3.01. The molecule has 0 atom stereocenters. The summed E-state index contributed by atoms with van der Waals surface area (Å²) in [5.74, 6) is -0.0122. The Labute approximate surface area is 92.0 Å². The Bertz CT molecular complexity index is 567. The Hall–Kier alpha value is -2.23. The van der Waals surface area contributed by atoms with Gasteiger partial charge in [-0.25, -0.2) is 9.78 Å². The van der Waals surface area contributed by atoms with E-state index in [1.54, 1.807) is 18.3 Å². The summed E-state index contributed by atoms with van der Waals surface area (Å²) in [6.45, 7) is 1.51. The highest BCUT2D eigenvalue weighted by molar-refractivity contribution is 6.00. The molecule has 4 heteroatoms. The van der Waals surface area contributed by atoms with Crippen LogP contribution in [0.4, 0.5) is 0 Å². The number of aromatic amines is 1. The molecule has 0 radical (unpaired) electrons. The number of H-pyrrole nitrogens is 1. The average molecular weight is 214 g/mol. The van der Waals surface area contributed by atoms with E-state index in [1.807, 2.05) is 12.1 Å². The molecule has 0 unspecified atom stereocenters. The number of benzene rings is 1. The van der Waals surface area contributed by atoms with E-state index < -0.39 is 5.69 Å². The third-order valence-electron chi connectivity index (χ3n) is 2.29. The minimum Gasteiger partial charge on any atom is -0.312 e. The van der Waals surface area contributed by atoms with Crippen molar-refractivity contribution in [2.75, 3.05) is 0 Å². The van der Waals surface area contributed by atoms with E-state index in [4.69, 9.17) is 0 Å². The van der Waals surface area contributed by atoms with Gasteiger partial charge in [-0.05, 0) is 12.5 Å². The Kier molecular flexibility index (Phi) is 2.64. The van der Waals surface area contributed by atoms with Crippen LogP contribution in [0.3, 0.4) is 0 Å². The number of carbonyl (C=O) groups excluding carboxylic acids is 1. The molecule has 0 fully saturated rings. The zero-order valence-corrected chi connectivity index (χ0v) is 8.73. The number of ketones is 1. The molecule has 4 nitrogen and oxygen atoms in total. The fraction of sp³-hybridized carbons (Fsp3) is 0.0833. The average Bonchev–Trinajstić information content (AvgIpc) is 2.30. The van der Waals surface area contributed by atoms with Gasteiger partial charge in [-0.1, -0.05) is 24.3 Å².